The summed E-state index contributed by atoms with van der Waals surface area (Å²) in [5.41, 5.74) is 2.18. The third kappa shape index (κ3) is 4.88. The minimum absolute atomic E-state index is 0.0163. The molecule has 32 heavy (non-hydrogen) atoms. The number of nitrogens with one attached hydrogen (secondary N) is 2. The summed E-state index contributed by atoms with van der Waals surface area (Å²) in [7, 11) is 1.27. The molecule has 168 valence electrons. The second-order valence-corrected chi connectivity index (χ2v) is 8.83. The standard InChI is InChI=1S/C23H25N3O5S/c1-13-19(21(27)30-5)20(25-22(32)24-13)14-6-11-18(17(12-14)26(28)29)31-16-9-7-15(8-10-16)23(2,3)4/h6-12,20H,1-5H3,(H2,24,25,32). The van der Waals surface area contributed by atoms with Gasteiger partial charge in [0.05, 0.1) is 23.6 Å². The molecule has 2 N–H and O–H groups in total. The molecule has 0 bridgehead atoms. The molecule has 1 heterocycles. The van der Waals surface area contributed by atoms with Crippen molar-refractivity contribution < 1.29 is 19.2 Å². The van der Waals surface area contributed by atoms with Gasteiger partial charge in [0, 0.05) is 11.8 Å². The van der Waals surface area contributed by atoms with Crippen LogP contribution in [0.5, 0.6) is 11.5 Å². The zero-order valence-corrected chi connectivity index (χ0v) is 19.3. The SMILES string of the molecule is COC(=O)C1=C(C)NC(=S)NC1c1ccc(Oc2ccc(C(C)(C)C)cc2)c([N+](=O)[O-])c1. The number of nitro benzene ring substituents is 1. The van der Waals surface area contributed by atoms with Crippen LogP contribution in [0.15, 0.2) is 53.7 Å². The average Bonchev–Trinajstić information content (AvgIpc) is 2.72. The lowest BCUT2D eigenvalue weighted by Crippen LogP contribution is -2.45. The van der Waals surface area contributed by atoms with Gasteiger partial charge in [-0.05, 0) is 53.9 Å². The number of hydrogen-bond donors (Lipinski definition) is 2. The molecule has 0 aromatic heterocycles. The Kier molecular flexibility index (Phi) is 6.50. The highest BCUT2D eigenvalue weighted by molar-refractivity contribution is 7.80. The van der Waals surface area contributed by atoms with Crippen LogP contribution in [0.3, 0.4) is 0 Å². The highest BCUT2D eigenvalue weighted by Gasteiger charge is 2.32. The number of benzene rings is 2. The van der Waals surface area contributed by atoms with Crippen molar-refractivity contribution in [3.8, 4) is 11.5 Å². The van der Waals surface area contributed by atoms with Crippen LogP contribution in [0.25, 0.3) is 0 Å². The number of carbonyl (C=O) groups is 1. The Hall–Kier alpha value is -3.46. The van der Waals surface area contributed by atoms with Gasteiger partial charge in [0.25, 0.3) is 0 Å². The van der Waals surface area contributed by atoms with Crippen LogP contribution in [-0.2, 0) is 14.9 Å². The second-order valence-electron chi connectivity index (χ2n) is 8.42. The van der Waals surface area contributed by atoms with E-state index in [1.165, 1.54) is 19.2 Å². The first-order valence-electron chi connectivity index (χ1n) is 9.94. The monoisotopic (exact) mass is 455 g/mol. The van der Waals surface area contributed by atoms with Crippen molar-refractivity contribution in [3.05, 3.63) is 75.0 Å². The lowest BCUT2D eigenvalue weighted by molar-refractivity contribution is -0.385. The summed E-state index contributed by atoms with van der Waals surface area (Å²) in [5.74, 6) is 0.0250. The fourth-order valence-electron chi connectivity index (χ4n) is 3.42. The van der Waals surface area contributed by atoms with Gasteiger partial charge in [-0.1, -0.05) is 39.0 Å². The number of ether oxygens (including phenoxy) is 2. The number of thiocarbonyl (C=S) groups is 1. The lowest BCUT2D eigenvalue weighted by atomic mass is 9.87. The van der Waals surface area contributed by atoms with Gasteiger partial charge in [-0.25, -0.2) is 4.79 Å². The van der Waals surface area contributed by atoms with Crippen molar-refractivity contribution in [3.63, 3.8) is 0 Å². The lowest BCUT2D eigenvalue weighted by Gasteiger charge is -2.29. The van der Waals surface area contributed by atoms with Crippen molar-refractivity contribution in [1.29, 1.82) is 0 Å². The van der Waals surface area contributed by atoms with Gasteiger partial charge in [-0.3, -0.25) is 10.1 Å². The molecule has 0 aliphatic carbocycles. The third-order valence-electron chi connectivity index (χ3n) is 5.14. The number of nitro groups is 1. The number of methoxy groups -OCH3 is 1. The van der Waals surface area contributed by atoms with Crippen LogP contribution in [0.4, 0.5) is 5.69 Å². The van der Waals surface area contributed by atoms with E-state index in [9.17, 15) is 14.9 Å². The fourth-order valence-corrected chi connectivity index (χ4v) is 3.69. The minimum Gasteiger partial charge on any atom is -0.466 e. The van der Waals surface area contributed by atoms with E-state index in [-0.39, 0.29) is 16.9 Å². The molecule has 2 aromatic carbocycles. The van der Waals surface area contributed by atoms with E-state index >= 15 is 0 Å². The van der Waals surface area contributed by atoms with Crippen molar-refractivity contribution in [1.82, 2.24) is 10.6 Å². The quantitative estimate of drug-likeness (QED) is 0.291. The molecule has 1 aliphatic heterocycles. The third-order valence-corrected chi connectivity index (χ3v) is 5.36. The normalized spacial score (nSPS) is 16.2. The van der Waals surface area contributed by atoms with Crippen LogP contribution in [0.2, 0.25) is 0 Å². The largest absolute Gasteiger partial charge is 0.466 e. The molecule has 0 saturated carbocycles. The van der Waals surface area contributed by atoms with Gasteiger partial charge >= 0.3 is 11.7 Å². The molecular weight excluding hydrogens is 430 g/mol. The van der Waals surface area contributed by atoms with Gasteiger partial charge in [-0.15, -0.1) is 0 Å². The molecule has 0 fully saturated rings. The summed E-state index contributed by atoms with van der Waals surface area (Å²) in [4.78, 5) is 23.6. The molecule has 8 nitrogen and oxygen atoms in total. The van der Waals surface area contributed by atoms with E-state index in [1.807, 2.05) is 12.1 Å². The summed E-state index contributed by atoms with van der Waals surface area (Å²) < 4.78 is 10.7. The van der Waals surface area contributed by atoms with Crippen molar-refractivity contribution in [2.45, 2.75) is 39.2 Å². The predicted molar refractivity (Wildman–Crippen MR) is 125 cm³/mol. The van der Waals surface area contributed by atoms with Gasteiger partial charge in [-0.2, -0.15) is 0 Å². The minimum atomic E-state index is -0.699. The Morgan fingerprint density at radius 1 is 1.16 bits per heavy atom. The molecule has 0 amide bonds. The summed E-state index contributed by atoms with van der Waals surface area (Å²) in [5, 5.41) is 18.0. The first kappa shape index (κ1) is 23.2. The molecule has 3 rings (SSSR count). The van der Waals surface area contributed by atoms with Crippen LogP contribution >= 0.6 is 12.2 Å². The Balaban J connectivity index is 1.97. The Morgan fingerprint density at radius 3 is 2.38 bits per heavy atom. The number of allylic oxidation sites excluding steroid dienone is 1. The fraction of sp³-hybridized carbons (Fsp3) is 0.304. The first-order valence-corrected chi connectivity index (χ1v) is 10.4. The van der Waals surface area contributed by atoms with Gasteiger partial charge < -0.3 is 20.1 Å². The molecule has 1 aliphatic rings. The zero-order valence-electron chi connectivity index (χ0n) is 18.5. The summed E-state index contributed by atoms with van der Waals surface area (Å²) in [6.45, 7) is 8.00. The number of hydrogen-bond acceptors (Lipinski definition) is 6. The first-order chi connectivity index (χ1) is 15.0. The maximum absolute atomic E-state index is 12.3. The summed E-state index contributed by atoms with van der Waals surface area (Å²) >= 11 is 5.20. The molecular formula is C23H25N3O5S. The van der Waals surface area contributed by atoms with Crippen molar-refractivity contribution in [2.75, 3.05) is 7.11 Å². The highest BCUT2D eigenvalue weighted by atomic mass is 32.1. The van der Waals surface area contributed by atoms with Crippen molar-refractivity contribution in [2.24, 2.45) is 0 Å². The van der Waals surface area contributed by atoms with Crippen molar-refractivity contribution >= 4 is 29.0 Å². The van der Waals surface area contributed by atoms with E-state index in [0.29, 0.717) is 27.7 Å². The summed E-state index contributed by atoms with van der Waals surface area (Å²) in [6, 6.07) is 11.3. The maximum atomic E-state index is 12.3. The van der Waals surface area contributed by atoms with Gasteiger partial charge in [0.1, 0.15) is 5.75 Å². The van der Waals surface area contributed by atoms with Crippen LogP contribution < -0.4 is 15.4 Å². The summed E-state index contributed by atoms with van der Waals surface area (Å²) in [6.07, 6.45) is 0. The highest BCUT2D eigenvalue weighted by Crippen LogP contribution is 2.37. The van der Waals surface area contributed by atoms with E-state index in [1.54, 1.807) is 25.1 Å². The van der Waals surface area contributed by atoms with Gasteiger partial charge in [0.2, 0.25) is 5.75 Å². The van der Waals surface area contributed by atoms with Gasteiger partial charge in [0.15, 0.2) is 5.11 Å². The molecule has 0 spiro atoms. The van der Waals surface area contributed by atoms with Crippen LogP contribution in [0, 0.1) is 10.1 Å². The smallest absolute Gasteiger partial charge is 0.337 e. The zero-order chi connectivity index (χ0) is 23.6. The predicted octanol–water partition coefficient (Wildman–Crippen LogP) is 4.65. The average molecular weight is 456 g/mol. The molecule has 0 saturated heterocycles. The second kappa shape index (κ2) is 8.96. The molecule has 1 atom stereocenters. The molecule has 2 aromatic rings. The molecule has 0 radical (unpaired) electrons. The number of carbonyl (C=O) groups excluding carboxylic acids is 1. The van der Waals surface area contributed by atoms with E-state index in [2.05, 4.69) is 31.4 Å². The molecule has 9 heteroatoms. The number of esters is 1. The van der Waals surface area contributed by atoms with Crippen LogP contribution in [0.1, 0.15) is 44.9 Å². The van der Waals surface area contributed by atoms with Crippen LogP contribution in [-0.4, -0.2) is 23.1 Å². The Morgan fingerprint density at radius 2 is 1.81 bits per heavy atom. The number of rotatable bonds is 5. The molecule has 1 unspecified atom stereocenters. The van der Waals surface area contributed by atoms with E-state index < -0.39 is 16.9 Å². The Labute approximate surface area is 191 Å². The maximum Gasteiger partial charge on any atom is 0.337 e. The Bertz CT molecular complexity index is 1100. The number of nitrogens with zero attached hydrogens (tertiary/aromatic N) is 1. The topological polar surface area (TPSA) is 103 Å². The van der Waals surface area contributed by atoms with E-state index in [0.717, 1.165) is 5.56 Å². The van der Waals surface area contributed by atoms with E-state index in [4.69, 9.17) is 21.7 Å².